The monoisotopic (exact) mass is 1040 g/mol. The Kier molecular flexibility index (Phi) is 14.9. The third kappa shape index (κ3) is 8.90. The topological polar surface area (TPSA) is 17.1 Å². The van der Waals surface area contributed by atoms with Crippen molar-refractivity contribution in [1.82, 2.24) is 0 Å². The molecule has 0 heterocycles. The zero-order valence-electron chi connectivity index (χ0n) is 35.2. The van der Waals surface area contributed by atoms with Gasteiger partial charge in [0, 0.05) is 27.8 Å². The Morgan fingerprint density at radius 2 is 0.577 bits per heavy atom. The van der Waals surface area contributed by atoms with Crippen LogP contribution in [-0.4, -0.2) is 11.9 Å². The van der Waals surface area contributed by atoms with Crippen LogP contribution >= 0.6 is 0 Å². The fraction of sp³-hybridized carbons (Fsp3) is 0.104. The van der Waals surface area contributed by atoms with E-state index in [1.807, 2.05) is 24.3 Å². The van der Waals surface area contributed by atoms with Crippen molar-refractivity contribution >= 4 is 22.8 Å². The van der Waals surface area contributed by atoms with Crippen molar-refractivity contribution in [2.24, 2.45) is 0 Å². The average Bonchev–Trinajstić information content (AvgIpc) is 3.31. The molecule has 0 aliphatic carbocycles. The Morgan fingerprint density at radius 1 is 0.338 bits per heavy atom. The smallest absolute Gasteiger partial charge is 0.295 e. The summed E-state index contributed by atoms with van der Waals surface area (Å²) in [7, 11) is -0.147. The number of benzene rings is 7. The molecule has 23 heteroatoms. The molecule has 0 aliphatic heterocycles. The molecule has 0 aromatic heterocycles. The Hall–Kier alpha value is -6.78. The maximum absolute atomic E-state index is 16.7. The largest absolute Gasteiger partial charge is 0.328 e. The van der Waals surface area contributed by atoms with Gasteiger partial charge in [0.25, 0.3) is 0 Å². The summed E-state index contributed by atoms with van der Waals surface area (Å²) in [4.78, 5) is 15.3. The van der Waals surface area contributed by atoms with Gasteiger partial charge in [-0.1, -0.05) is 60.7 Å². The van der Waals surface area contributed by atoms with Gasteiger partial charge in [0.05, 0.1) is 10.9 Å². The molecule has 0 saturated heterocycles. The minimum atomic E-state index is -9.00. The van der Waals surface area contributed by atoms with Crippen LogP contribution in [-0.2, 0) is 34.2 Å². The standard InChI is InChI=1S/C28H8BF20.C20H17OS/c30-13-5-1-9(17(34)21(13)38)25(42,43)29(26(44,45)10-2-6-14(31)22(39)18(10)35,27(46,47)11-3-7-15(32)23(40)19(11)36)28(48,49)12-4-8-16(33)24(41)20(12)37;1-16(21)17-12-14-20(15-13-17)22(18-8-4-2-5-9-18)19-10-6-3-7-11-19/h1-8H;2-15H,1H3/q-1;+1. The summed E-state index contributed by atoms with van der Waals surface area (Å²) in [6.07, 6.45) is -9.00. The molecule has 0 amide bonds. The van der Waals surface area contributed by atoms with Crippen molar-refractivity contribution < 1.29 is 92.6 Å². The molecule has 71 heavy (non-hydrogen) atoms. The Labute approximate surface area is 390 Å². The minimum absolute atomic E-state index is 0.103. The molecule has 1 nitrogen and oxygen atoms in total. The molecule has 0 bridgehead atoms. The van der Waals surface area contributed by atoms with E-state index in [0.29, 0.717) is 0 Å². The lowest BCUT2D eigenvalue weighted by molar-refractivity contribution is -0.0917. The number of alkyl halides is 8. The van der Waals surface area contributed by atoms with Gasteiger partial charge in [0.1, 0.15) is 0 Å². The maximum Gasteiger partial charge on any atom is 0.328 e. The lowest BCUT2D eigenvalue weighted by Gasteiger charge is -2.58. The van der Waals surface area contributed by atoms with Crippen molar-refractivity contribution in [3.05, 3.63) is 231 Å². The SMILES string of the molecule is CC(=O)c1ccc([S+](c2ccccc2)c2ccccc2)cc1.Fc1ccc(C(F)(F)[B-](C(F)(F)c2ccc(F)c(F)c2F)(C(F)(F)c2ccc(F)c(F)c2F)C(F)(F)c2ccc(F)c(F)c2F)c(F)c1F. The summed E-state index contributed by atoms with van der Waals surface area (Å²) in [6, 6.07) is 22.6. The number of carbonyl (C=O) groups excluding carboxylic acids is 1. The highest BCUT2D eigenvalue weighted by atomic mass is 32.2. The van der Waals surface area contributed by atoms with Gasteiger partial charge in [-0.05, 0) is 79.7 Å². The normalized spacial score (nSPS) is 12.5. The summed E-state index contributed by atoms with van der Waals surface area (Å²) in [5, 5.41) is 0. The van der Waals surface area contributed by atoms with Crippen molar-refractivity contribution in [2.45, 2.75) is 44.9 Å². The van der Waals surface area contributed by atoms with E-state index in [1.54, 1.807) is 6.92 Å². The summed E-state index contributed by atoms with van der Waals surface area (Å²) >= 11 is 0. The number of halogens is 20. The van der Waals surface area contributed by atoms with Crippen molar-refractivity contribution in [3.8, 4) is 0 Å². The third-order valence-electron chi connectivity index (χ3n) is 11.2. The molecule has 7 aromatic carbocycles. The van der Waals surface area contributed by atoms with E-state index >= 15 is 35.1 Å². The second-order valence-electron chi connectivity index (χ2n) is 15.3. The highest BCUT2D eigenvalue weighted by Gasteiger charge is 2.86. The molecule has 0 atom stereocenters. The summed E-state index contributed by atoms with van der Waals surface area (Å²) in [5.41, 5.74) is -13.0. The summed E-state index contributed by atoms with van der Waals surface area (Å²) < 4.78 is 305. The molecule has 0 saturated carbocycles. The highest BCUT2D eigenvalue weighted by Crippen LogP contribution is 2.68. The number of Topliss-reactive ketones (excluding diaryl/α,β-unsaturated/α-hetero) is 1. The molecule has 0 N–H and O–H groups in total. The summed E-state index contributed by atoms with van der Waals surface area (Å²) in [6.45, 7) is 1.60. The third-order valence-corrected chi connectivity index (χ3v) is 13.4. The van der Waals surface area contributed by atoms with Crippen LogP contribution in [0.15, 0.2) is 148 Å². The second kappa shape index (κ2) is 19.8. The molecule has 7 rings (SSSR count). The number of ketones is 1. The van der Waals surface area contributed by atoms with Crippen molar-refractivity contribution in [2.75, 3.05) is 0 Å². The van der Waals surface area contributed by atoms with Gasteiger partial charge in [-0.2, -0.15) is 0 Å². The zero-order valence-corrected chi connectivity index (χ0v) is 36.0. The molecule has 0 unspecified atom stereocenters. The van der Waals surface area contributed by atoms with Crippen LogP contribution in [0.3, 0.4) is 0 Å². The average molecular weight is 1040 g/mol. The lowest BCUT2D eigenvalue weighted by Crippen LogP contribution is -2.79. The molecule has 372 valence electrons. The first-order valence-corrected chi connectivity index (χ1v) is 21.0. The first-order valence-electron chi connectivity index (χ1n) is 19.8. The van der Waals surface area contributed by atoms with Crippen LogP contribution in [0.4, 0.5) is 87.8 Å². The van der Waals surface area contributed by atoms with Crippen LogP contribution in [0.5, 0.6) is 0 Å². The predicted octanol–water partition coefficient (Wildman–Crippen LogP) is 15.4. The van der Waals surface area contributed by atoms with Gasteiger partial charge >= 0.3 is 6.15 Å². The molecular weight excluding hydrogens is 1020 g/mol. The van der Waals surface area contributed by atoms with Crippen LogP contribution in [0.25, 0.3) is 0 Å². The van der Waals surface area contributed by atoms with Crippen LogP contribution in [0.2, 0.25) is 0 Å². The molecule has 0 radical (unpaired) electrons. The fourth-order valence-corrected chi connectivity index (χ4v) is 9.86. The van der Waals surface area contributed by atoms with Crippen molar-refractivity contribution in [3.63, 3.8) is 0 Å². The first kappa shape index (κ1) is 53.6. The lowest BCUT2D eigenvalue weighted by atomic mass is 9.08. The molecule has 7 aromatic rings. The molecular formula is C48H25BF20OS. The Balaban J connectivity index is 0.000000310. The van der Waals surface area contributed by atoms with Gasteiger partial charge < -0.3 is 0 Å². The van der Waals surface area contributed by atoms with E-state index in [9.17, 15) is 57.5 Å². The van der Waals surface area contributed by atoms with E-state index in [-0.39, 0.29) is 16.7 Å². The molecule has 0 aliphatic rings. The Bertz CT molecular complexity index is 2790. The number of carbonyl (C=O) groups is 1. The van der Waals surface area contributed by atoms with Gasteiger partial charge in [-0.3, -0.25) is 4.79 Å². The first-order chi connectivity index (χ1) is 33.1. The van der Waals surface area contributed by atoms with Crippen molar-refractivity contribution in [1.29, 1.82) is 0 Å². The zero-order chi connectivity index (χ0) is 52.8. The van der Waals surface area contributed by atoms with E-state index in [0.717, 1.165) is 5.56 Å². The molecule has 0 spiro atoms. The van der Waals surface area contributed by atoms with Gasteiger partial charge in [-0.25, -0.2) is 87.8 Å². The van der Waals surface area contributed by atoms with Crippen LogP contribution in [0, 0.1) is 69.8 Å². The van der Waals surface area contributed by atoms with Crippen LogP contribution in [0.1, 0.15) is 39.5 Å². The van der Waals surface area contributed by atoms with E-state index in [4.69, 9.17) is 0 Å². The minimum Gasteiger partial charge on any atom is -0.295 e. The van der Waals surface area contributed by atoms with E-state index in [1.165, 1.54) is 14.7 Å². The Morgan fingerprint density at radius 3 is 0.817 bits per heavy atom. The van der Waals surface area contributed by atoms with E-state index < -0.39 is 170 Å². The van der Waals surface area contributed by atoms with Gasteiger partial charge in [0.2, 0.25) is 0 Å². The van der Waals surface area contributed by atoms with Gasteiger partial charge in [0.15, 0.2) is 114 Å². The molecule has 0 fully saturated rings. The fourth-order valence-electron chi connectivity index (χ4n) is 7.78. The number of rotatable bonds is 12. The van der Waals surface area contributed by atoms with Gasteiger partial charge in [-0.15, -0.1) is 0 Å². The maximum atomic E-state index is 16.7. The number of hydrogen-bond donors (Lipinski definition) is 0. The summed E-state index contributed by atoms with van der Waals surface area (Å²) in [5.74, 6) is -66.6. The quantitative estimate of drug-likeness (QED) is 0.0392. The highest BCUT2D eigenvalue weighted by molar-refractivity contribution is 7.97. The number of hydrogen-bond acceptors (Lipinski definition) is 1. The second-order valence-corrected chi connectivity index (χ2v) is 17.3. The van der Waals surface area contributed by atoms with Crippen LogP contribution < -0.4 is 0 Å². The predicted molar refractivity (Wildman–Crippen MR) is 218 cm³/mol. The van der Waals surface area contributed by atoms with E-state index in [2.05, 4.69) is 60.7 Å².